The molecule has 1 aromatic rings. The van der Waals surface area contributed by atoms with Crippen molar-refractivity contribution >= 4 is 5.69 Å². The summed E-state index contributed by atoms with van der Waals surface area (Å²) >= 11 is 0. The molecule has 0 bridgehead atoms. The van der Waals surface area contributed by atoms with Crippen LogP contribution in [0, 0.1) is 10.1 Å². The zero-order chi connectivity index (χ0) is 15.4. The quantitative estimate of drug-likeness (QED) is 0.617. The van der Waals surface area contributed by atoms with Gasteiger partial charge in [0.2, 0.25) is 0 Å². The normalized spacial score (nSPS) is 26.7. The highest BCUT2D eigenvalue weighted by atomic mass is 16.6. The second kappa shape index (κ2) is 7.20. The van der Waals surface area contributed by atoms with E-state index in [9.17, 15) is 10.1 Å². The van der Waals surface area contributed by atoms with E-state index in [1.807, 2.05) is 17.0 Å². The molecular formula is C17H27N3O2+2. The van der Waals surface area contributed by atoms with Crippen LogP contribution < -0.4 is 9.80 Å². The predicted molar refractivity (Wildman–Crippen MR) is 85.1 cm³/mol. The largest absolute Gasteiger partial charge is 0.332 e. The summed E-state index contributed by atoms with van der Waals surface area (Å²) in [7, 11) is 0. The molecule has 120 valence electrons. The summed E-state index contributed by atoms with van der Waals surface area (Å²) in [5, 5.41) is 10.7. The van der Waals surface area contributed by atoms with Crippen LogP contribution in [-0.2, 0) is 6.54 Å². The Morgan fingerprint density at radius 1 is 1.00 bits per heavy atom. The molecule has 0 unspecified atom stereocenters. The summed E-state index contributed by atoms with van der Waals surface area (Å²) in [5.74, 6) is 0. The number of rotatable bonds is 4. The van der Waals surface area contributed by atoms with Crippen LogP contribution in [-0.4, -0.2) is 37.1 Å². The molecule has 0 spiro atoms. The summed E-state index contributed by atoms with van der Waals surface area (Å²) in [4.78, 5) is 13.8. The van der Waals surface area contributed by atoms with Gasteiger partial charge in [-0.05, 0) is 31.4 Å². The summed E-state index contributed by atoms with van der Waals surface area (Å²) in [6.45, 7) is 6.24. The fourth-order valence-electron chi connectivity index (χ4n) is 4.05. The first-order valence-corrected chi connectivity index (χ1v) is 8.64. The molecule has 2 N–H and O–H groups in total. The molecule has 2 saturated heterocycles. The molecule has 0 aliphatic carbocycles. The second-order valence-corrected chi connectivity index (χ2v) is 6.84. The molecule has 0 aromatic heterocycles. The van der Waals surface area contributed by atoms with Crippen LogP contribution in [0.15, 0.2) is 24.3 Å². The van der Waals surface area contributed by atoms with E-state index in [-0.39, 0.29) is 10.6 Å². The van der Waals surface area contributed by atoms with Crippen molar-refractivity contribution in [3.8, 4) is 0 Å². The van der Waals surface area contributed by atoms with E-state index < -0.39 is 0 Å². The third-order valence-electron chi connectivity index (χ3n) is 5.37. The summed E-state index contributed by atoms with van der Waals surface area (Å²) in [5.41, 5.74) is 1.40. The van der Waals surface area contributed by atoms with Crippen molar-refractivity contribution in [2.24, 2.45) is 0 Å². The van der Waals surface area contributed by atoms with Gasteiger partial charge in [-0.15, -0.1) is 0 Å². The van der Waals surface area contributed by atoms with Crippen LogP contribution in [0.25, 0.3) is 0 Å². The number of benzene rings is 1. The Morgan fingerprint density at radius 2 is 1.64 bits per heavy atom. The molecule has 0 saturated carbocycles. The lowest BCUT2D eigenvalue weighted by Crippen LogP contribution is -3.20. The number of nitrogens with one attached hydrogen (secondary N) is 2. The number of piperidine rings is 2. The smallest absolute Gasteiger partial charge is 0.269 e. The number of hydrogen-bond donors (Lipinski definition) is 2. The number of quaternary nitrogens is 2. The Bertz CT molecular complexity index is 489. The van der Waals surface area contributed by atoms with Gasteiger partial charge < -0.3 is 9.80 Å². The Balaban J connectivity index is 1.48. The van der Waals surface area contributed by atoms with Crippen LogP contribution in [0.1, 0.15) is 37.7 Å². The van der Waals surface area contributed by atoms with E-state index in [0.29, 0.717) is 0 Å². The van der Waals surface area contributed by atoms with E-state index in [2.05, 4.69) is 0 Å². The number of hydrogen-bond acceptors (Lipinski definition) is 2. The van der Waals surface area contributed by atoms with Crippen LogP contribution in [0.4, 0.5) is 5.69 Å². The van der Waals surface area contributed by atoms with Gasteiger partial charge in [-0.1, -0.05) is 0 Å². The van der Waals surface area contributed by atoms with E-state index in [0.717, 1.165) is 12.6 Å². The van der Waals surface area contributed by atoms with Crippen molar-refractivity contribution in [1.82, 2.24) is 0 Å². The van der Waals surface area contributed by atoms with E-state index in [4.69, 9.17) is 0 Å². The van der Waals surface area contributed by atoms with Crippen LogP contribution in [0.2, 0.25) is 0 Å². The maximum absolute atomic E-state index is 10.7. The maximum atomic E-state index is 10.7. The summed E-state index contributed by atoms with van der Waals surface area (Å²) < 4.78 is 0. The number of nitrogens with zero attached hydrogens (tertiary/aromatic N) is 1. The highest BCUT2D eigenvalue weighted by molar-refractivity contribution is 5.32. The Hall–Kier alpha value is -1.46. The van der Waals surface area contributed by atoms with Crippen molar-refractivity contribution in [3.63, 3.8) is 0 Å². The molecule has 0 atom stereocenters. The average molecular weight is 305 g/mol. The molecule has 2 heterocycles. The van der Waals surface area contributed by atoms with Crippen LogP contribution >= 0.6 is 0 Å². The zero-order valence-electron chi connectivity index (χ0n) is 13.2. The highest BCUT2D eigenvalue weighted by Crippen LogP contribution is 2.11. The Morgan fingerprint density at radius 3 is 2.23 bits per heavy atom. The molecular weight excluding hydrogens is 278 g/mol. The lowest BCUT2D eigenvalue weighted by Gasteiger charge is -2.36. The fourth-order valence-corrected chi connectivity index (χ4v) is 4.05. The van der Waals surface area contributed by atoms with Gasteiger partial charge in [0, 0.05) is 30.5 Å². The van der Waals surface area contributed by atoms with Gasteiger partial charge in [0.15, 0.2) is 0 Å². The number of likely N-dealkylation sites (tertiary alicyclic amines) is 2. The first kappa shape index (κ1) is 15.4. The minimum atomic E-state index is -0.330. The molecule has 0 radical (unpaired) electrons. The zero-order valence-corrected chi connectivity index (χ0v) is 13.2. The third-order valence-corrected chi connectivity index (χ3v) is 5.37. The summed E-state index contributed by atoms with van der Waals surface area (Å²) in [6.07, 6.45) is 6.90. The summed E-state index contributed by atoms with van der Waals surface area (Å²) in [6, 6.07) is 7.94. The van der Waals surface area contributed by atoms with Crippen molar-refractivity contribution < 1.29 is 14.7 Å². The van der Waals surface area contributed by atoms with Crippen molar-refractivity contribution in [3.05, 3.63) is 39.9 Å². The van der Waals surface area contributed by atoms with Gasteiger partial charge in [0.25, 0.3) is 5.69 Å². The van der Waals surface area contributed by atoms with E-state index in [1.54, 1.807) is 17.0 Å². The highest BCUT2D eigenvalue weighted by Gasteiger charge is 2.30. The number of non-ortho nitro benzene ring substituents is 1. The predicted octanol–water partition coefficient (Wildman–Crippen LogP) is 0.211. The molecule has 2 fully saturated rings. The molecule has 1 aromatic carbocycles. The van der Waals surface area contributed by atoms with Gasteiger partial charge in [-0.25, -0.2) is 0 Å². The van der Waals surface area contributed by atoms with Crippen molar-refractivity contribution in [1.29, 1.82) is 0 Å². The van der Waals surface area contributed by atoms with Crippen molar-refractivity contribution in [2.75, 3.05) is 26.2 Å². The molecule has 2 aliphatic heterocycles. The Kier molecular flexibility index (Phi) is 5.05. The topological polar surface area (TPSA) is 52.0 Å². The standard InChI is InChI=1S/C17H25N3O2/c21-20(22)17-6-4-15(5-7-17)14-18-12-8-16(9-13-18)19-10-2-1-3-11-19/h4-7,16H,1-3,8-14H2/p+2. The first-order chi connectivity index (χ1) is 10.7. The van der Waals surface area contributed by atoms with Gasteiger partial charge in [-0.2, -0.15) is 0 Å². The van der Waals surface area contributed by atoms with Crippen LogP contribution in [0.5, 0.6) is 0 Å². The lowest BCUT2D eigenvalue weighted by atomic mass is 9.99. The van der Waals surface area contributed by atoms with Crippen molar-refractivity contribution in [2.45, 2.75) is 44.7 Å². The van der Waals surface area contributed by atoms with Gasteiger partial charge >= 0.3 is 0 Å². The maximum Gasteiger partial charge on any atom is 0.269 e. The fraction of sp³-hybridized carbons (Fsp3) is 0.647. The lowest BCUT2D eigenvalue weighted by molar-refractivity contribution is -0.965. The molecule has 0 amide bonds. The third kappa shape index (κ3) is 3.84. The first-order valence-electron chi connectivity index (χ1n) is 8.64. The second-order valence-electron chi connectivity index (χ2n) is 6.84. The minimum Gasteiger partial charge on any atom is -0.332 e. The molecule has 3 rings (SSSR count). The number of nitro benzene ring substituents is 1. The average Bonchev–Trinajstić information content (AvgIpc) is 2.57. The van der Waals surface area contributed by atoms with Gasteiger partial charge in [-0.3, -0.25) is 10.1 Å². The van der Waals surface area contributed by atoms with Crippen LogP contribution in [0.3, 0.4) is 0 Å². The van der Waals surface area contributed by atoms with E-state index >= 15 is 0 Å². The monoisotopic (exact) mass is 305 g/mol. The Labute approximate surface area is 132 Å². The molecule has 5 nitrogen and oxygen atoms in total. The molecule has 2 aliphatic rings. The molecule has 5 heteroatoms. The minimum absolute atomic E-state index is 0.186. The number of nitro groups is 1. The van der Waals surface area contributed by atoms with Gasteiger partial charge in [0.05, 0.1) is 37.1 Å². The van der Waals surface area contributed by atoms with Gasteiger partial charge in [0.1, 0.15) is 6.54 Å². The molecule has 22 heavy (non-hydrogen) atoms. The van der Waals surface area contributed by atoms with E-state index in [1.165, 1.54) is 63.8 Å². The SMILES string of the molecule is O=[N+]([O-])c1ccc(C[NH+]2CCC([NH+]3CCCCC3)CC2)cc1.